The molecule has 1 aliphatic rings. The zero-order chi connectivity index (χ0) is 18.4. The number of nitrogens with two attached hydrogens (primary N) is 1. The molecule has 0 unspecified atom stereocenters. The van der Waals surface area contributed by atoms with Crippen LogP contribution in [0.15, 0.2) is 29.2 Å². The number of thioether (sulfide) groups is 1. The topological polar surface area (TPSA) is 101 Å². The Bertz CT molecular complexity index is 734. The molecule has 1 heterocycles. The highest BCUT2D eigenvalue weighted by Gasteiger charge is 2.30. The van der Waals surface area contributed by atoms with Crippen molar-refractivity contribution in [1.29, 1.82) is 0 Å². The number of benzene rings is 1. The molecule has 10 heteroatoms. The number of carbonyl (C=O) groups excluding carboxylic acids is 2. The van der Waals surface area contributed by atoms with Crippen LogP contribution in [0, 0.1) is 0 Å². The van der Waals surface area contributed by atoms with Crippen molar-refractivity contribution in [2.45, 2.75) is 11.3 Å². The normalized spacial score (nSPS) is 16.0. The first-order valence-electron chi connectivity index (χ1n) is 7.70. The molecule has 0 aromatic heterocycles. The number of piperazine rings is 1. The van der Waals surface area contributed by atoms with Gasteiger partial charge in [-0.05, 0) is 18.2 Å². The molecule has 0 aliphatic carbocycles. The highest BCUT2D eigenvalue weighted by atomic mass is 35.5. The maximum absolute atomic E-state index is 12.6. The summed E-state index contributed by atoms with van der Waals surface area (Å²) in [6.07, 6.45) is 0.305. The molecule has 0 spiro atoms. The van der Waals surface area contributed by atoms with Gasteiger partial charge in [-0.1, -0.05) is 17.7 Å². The molecule has 1 aromatic carbocycles. The predicted molar refractivity (Wildman–Crippen MR) is 97.9 cm³/mol. The Labute approximate surface area is 156 Å². The molecule has 25 heavy (non-hydrogen) atoms. The van der Waals surface area contributed by atoms with Crippen molar-refractivity contribution < 1.29 is 18.0 Å². The summed E-state index contributed by atoms with van der Waals surface area (Å²) in [6, 6.07) is 6.14. The average molecular weight is 406 g/mol. The van der Waals surface area contributed by atoms with Crippen LogP contribution in [0.4, 0.5) is 0 Å². The number of primary amides is 1. The number of sulfonamides is 1. The maximum Gasteiger partial charge on any atom is 0.243 e. The molecule has 1 aliphatic heterocycles. The second-order valence-corrected chi connectivity index (χ2v) is 8.99. The largest absolute Gasteiger partial charge is 0.369 e. The molecule has 2 amide bonds. The second kappa shape index (κ2) is 8.88. The first-order chi connectivity index (χ1) is 11.8. The van der Waals surface area contributed by atoms with Gasteiger partial charge in [0, 0.05) is 43.4 Å². The van der Waals surface area contributed by atoms with E-state index < -0.39 is 15.9 Å². The Morgan fingerprint density at radius 2 is 1.88 bits per heavy atom. The van der Waals surface area contributed by atoms with Crippen molar-refractivity contribution in [3.8, 4) is 0 Å². The van der Waals surface area contributed by atoms with Gasteiger partial charge in [0.15, 0.2) is 0 Å². The number of carbonyl (C=O) groups is 2. The summed E-state index contributed by atoms with van der Waals surface area (Å²) in [6.45, 7) is 1.18. The lowest BCUT2D eigenvalue weighted by Gasteiger charge is -2.34. The van der Waals surface area contributed by atoms with Gasteiger partial charge in [0.1, 0.15) is 0 Å². The molecular weight excluding hydrogens is 386 g/mol. The number of nitrogens with zero attached hydrogens (tertiary/aromatic N) is 2. The quantitative estimate of drug-likeness (QED) is 0.675. The fraction of sp³-hybridized carbons (Fsp3) is 0.467. The van der Waals surface area contributed by atoms with Crippen LogP contribution >= 0.6 is 23.4 Å². The summed E-state index contributed by atoms with van der Waals surface area (Å²) in [5.41, 5.74) is 5.04. The fourth-order valence-corrected chi connectivity index (χ4v) is 4.83. The van der Waals surface area contributed by atoms with Crippen molar-refractivity contribution in [3.63, 3.8) is 0 Å². The standard InChI is InChI=1S/C15H20ClN3O4S2/c16-12-2-1-3-13(10-12)25(22,23)19-7-5-18(6-8-19)15(21)4-9-24-11-14(17)20/h1-3,10H,4-9,11H2,(H2,17,20). The lowest BCUT2D eigenvalue weighted by Crippen LogP contribution is -2.50. The Morgan fingerprint density at radius 1 is 1.20 bits per heavy atom. The summed E-state index contributed by atoms with van der Waals surface area (Å²) in [5.74, 6) is 0.260. The van der Waals surface area contributed by atoms with Crippen LogP contribution in [-0.4, -0.2) is 67.1 Å². The number of amides is 2. The molecule has 7 nitrogen and oxygen atoms in total. The van der Waals surface area contributed by atoms with E-state index in [0.29, 0.717) is 30.3 Å². The first-order valence-corrected chi connectivity index (χ1v) is 10.7. The van der Waals surface area contributed by atoms with E-state index in [0.717, 1.165) is 0 Å². The van der Waals surface area contributed by atoms with Gasteiger partial charge in [-0.3, -0.25) is 9.59 Å². The minimum atomic E-state index is -3.61. The fourth-order valence-electron chi connectivity index (χ4n) is 2.44. The van der Waals surface area contributed by atoms with Crippen molar-refractivity contribution in [3.05, 3.63) is 29.3 Å². The van der Waals surface area contributed by atoms with Gasteiger partial charge in [0.2, 0.25) is 21.8 Å². The van der Waals surface area contributed by atoms with Gasteiger partial charge in [0.25, 0.3) is 0 Å². The third-order valence-electron chi connectivity index (χ3n) is 3.73. The van der Waals surface area contributed by atoms with E-state index in [1.54, 1.807) is 17.0 Å². The monoisotopic (exact) mass is 405 g/mol. The van der Waals surface area contributed by atoms with Crippen LogP contribution in [0.3, 0.4) is 0 Å². The maximum atomic E-state index is 12.6. The average Bonchev–Trinajstić information content (AvgIpc) is 2.58. The lowest BCUT2D eigenvalue weighted by molar-refractivity contribution is -0.131. The van der Waals surface area contributed by atoms with E-state index in [-0.39, 0.29) is 29.6 Å². The lowest BCUT2D eigenvalue weighted by atomic mass is 10.3. The SMILES string of the molecule is NC(=O)CSCCC(=O)N1CCN(S(=O)(=O)c2cccc(Cl)c2)CC1. The molecule has 0 radical (unpaired) electrons. The molecule has 0 bridgehead atoms. The van der Waals surface area contributed by atoms with Crippen LogP contribution in [0.25, 0.3) is 0 Å². The Kier molecular flexibility index (Phi) is 7.12. The molecule has 2 rings (SSSR count). The molecule has 138 valence electrons. The van der Waals surface area contributed by atoms with Gasteiger partial charge in [-0.2, -0.15) is 16.1 Å². The van der Waals surface area contributed by atoms with Gasteiger partial charge in [-0.15, -0.1) is 0 Å². The summed E-state index contributed by atoms with van der Waals surface area (Å²) < 4.78 is 26.6. The third kappa shape index (κ3) is 5.60. The van der Waals surface area contributed by atoms with Gasteiger partial charge < -0.3 is 10.6 Å². The minimum Gasteiger partial charge on any atom is -0.369 e. The zero-order valence-corrected chi connectivity index (χ0v) is 15.9. The van der Waals surface area contributed by atoms with Crippen LogP contribution in [0.2, 0.25) is 5.02 Å². The number of hydrogen-bond acceptors (Lipinski definition) is 5. The number of halogens is 1. The third-order valence-corrected chi connectivity index (χ3v) is 6.84. The molecule has 0 atom stereocenters. The predicted octanol–water partition coefficient (Wildman–Crippen LogP) is 0.781. The number of hydrogen-bond donors (Lipinski definition) is 1. The molecule has 0 saturated carbocycles. The van der Waals surface area contributed by atoms with Gasteiger partial charge in [-0.25, -0.2) is 8.42 Å². The van der Waals surface area contributed by atoms with E-state index in [4.69, 9.17) is 17.3 Å². The molecule has 1 saturated heterocycles. The summed E-state index contributed by atoms with van der Waals surface area (Å²) >= 11 is 7.18. The van der Waals surface area contributed by atoms with Crippen molar-refractivity contribution in [2.24, 2.45) is 5.73 Å². The highest BCUT2D eigenvalue weighted by Crippen LogP contribution is 2.21. The molecule has 1 aromatic rings. The van der Waals surface area contributed by atoms with Crippen LogP contribution in [-0.2, 0) is 19.6 Å². The van der Waals surface area contributed by atoms with Crippen LogP contribution < -0.4 is 5.73 Å². The van der Waals surface area contributed by atoms with E-state index in [2.05, 4.69) is 0 Å². The van der Waals surface area contributed by atoms with E-state index in [1.807, 2.05) is 0 Å². The number of rotatable bonds is 7. The molecule has 1 fully saturated rings. The zero-order valence-electron chi connectivity index (χ0n) is 13.6. The van der Waals surface area contributed by atoms with Crippen LogP contribution in [0.5, 0.6) is 0 Å². The van der Waals surface area contributed by atoms with Crippen LogP contribution in [0.1, 0.15) is 6.42 Å². The minimum absolute atomic E-state index is 0.0447. The first kappa shape index (κ1) is 20.0. The second-order valence-electron chi connectivity index (χ2n) is 5.51. The van der Waals surface area contributed by atoms with E-state index in [1.165, 1.54) is 28.2 Å². The van der Waals surface area contributed by atoms with E-state index >= 15 is 0 Å². The van der Waals surface area contributed by atoms with Gasteiger partial charge >= 0.3 is 0 Å². The summed E-state index contributed by atoms with van der Waals surface area (Å²) in [5, 5.41) is 0.364. The Balaban J connectivity index is 1.86. The Hall–Kier alpha value is -1.29. The van der Waals surface area contributed by atoms with Crippen molar-refractivity contribution >= 4 is 45.2 Å². The van der Waals surface area contributed by atoms with Crippen molar-refractivity contribution in [2.75, 3.05) is 37.7 Å². The molecular formula is C15H20ClN3O4S2. The molecule has 2 N–H and O–H groups in total. The summed E-state index contributed by atoms with van der Waals surface area (Å²) in [4.78, 5) is 24.6. The summed E-state index contributed by atoms with van der Waals surface area (Å²) in [7, 11) is -3.61. The van der Waals surface area contributed by atoms with E-state index in [9.17, 15) is 18.0 Å². The highest BCUT2D eigenvalue weighted by molar-refractivity contribution is 7.99. The smallest absolute Gasteiger partial charge is 0.243 e. The van der Waals surface area contributed by atoms with Gasteiger partial charge in [0.05, 0.1) is 10.6 Å². The van der Waals surface area contributed by atoms with Crippen molar-refractivity contribution in [1.82, 2.24) is 9.21 Å². The Morgan fingerprint density at radius 3 is 2.48 bits per heavy atom.